The molecule has 0 spiro atoms. The van der Waals surface area contributed by atoms with Crippen molar-refractivity contribution in [1.29, 1.82) is 0 Å². The number of hydrogen-bond donors (Lipinski definition) is 3. The lowest BCUT2D eigenvalue weighted by molar-refractivity contribution is 0.0955. The van der Waals surface area contributed by atoms with Crippen molar-refractivity contribution in [2.75, 3.05) is 12.4 Å². The van der Waals surface area contributed by atoms with Gasteiger partial charge in [0.25, 0.3) is 11.5 Å². The molecule has 0 aliphatic carbocycles. The van der Waals surface area contributed by atoms with Crippen molar-refractivity contribution in [3.8, 4) is 11.8 Å². The molecule has 2 N–H and O–H groups in total. The van der Waals surface area contributed by atoms with E-state index in [1.54, 1.807) is 25.3 Å². The molecular weight excluding hydrogens is 508 g/mol. The number of ether oxygens (including phenoxy) is 1. The van der Waals surface area contributed by atoms with Crippen LogP contribution >= 0.6 is 24.0 Å². The summed E-state index contributed by atoms with van der Waals surface area (Å²) in [6.45, 7) is 2.19. The third-order valence-electron chi connectivity index (χ3n) is 5.49. The second-order valence-electron chi connectivity index (χ2n) is 8.05. The number of nitrogens with zero attached hydrogens (tertiary/aromatic N) is 2. The van der Waals surface area contributed by atoms with E-state index in [1.807, 2.05) is 0 Å². The van der Waals surface area contributed by atoms with Gasteiger partial charge in [-0.15, -0.1) is 11.3 Å². The zero-order valence-electron chi connectivity index (χ0n) is 19.3. The number of benzene rings is 1. The molecular formula is C25H23F2N3O4S2. The summed E-state index contributed by atoms with van der Waals surface area (Å²) in [5.74, 6) is -1.56. The minimum atomic E-state index is -1.04. The first-order valence-electron chi connectivity index (χ1n) is 11.0. The predicted octanol–water partition coefficient (Wildman–Crippen LogP) is 4.43. The van der Waals surface area contributed by atoms with Gasteiger partial charge in [-0.2, -0.15) is 12.6 Å². The van der Waals surface area contributed by atoms with Gasteiger partial charge in [0.15, 0.2) is 17.5 Å². The van der Waals surface area contributed by atoms with Crippen molar-refractivity contribution in [2.24, 2.45) is 0 Å². The zero-order valence-corrected chi connectivity index (χ0v) is 21.0. The number of aromatic nitrogens is 2. The maximum Gasteiger partial charge on any atom is 0.262 e. The molecule has 0 aliphatic heterocycles. The maximum atomic E-state index is 13.6. The van der Waals surface area contributed by atoms with Gasteiger partial charge in [-0.1, -0.05) is 6.07 Å². The SMILES string of the molecule is Cc1c(O)n(Cc2ccc(F)c(F)c2)c(=O)c2cc(C(=O)NCc3ccnc(OCCCS)c3)sc12. The average molecular weight is 532 g/mol. The van der Waals surface area contributed by atoms with Gasteiger partial charge in [-0.05, 0) is 54.5 Å². The van der Waals surface area contributed by atoms with Gasteiger partial charge in [0.05, 0.1) is 23.4 Å². The van der Waals surface area contributed by atoms with E-state index < -0.39 is 17.2 Å². The van der Waals surface area contributed by atoms with Crippen molar-refractivity contribution in [3.63, 3.8) is 0 Å². The lowest BCUT2D eigenvalue weighted by atomic mass is 10.2. The Bertz CT molecular complexity index is 1490. The molecule has 1 amide bonds. The van der Waals surface area contributed by atoms with E-state index in [0.717, 1.165) is 40.0 Å². The van der Waals surface area contributed by atoms with E-state index in [2.05, 4.69) is 22.9 Å². The first-order valence-corrected chi connectivity index (χ1v) is 12.5. The molecule has 7 nitrogen and oxygen atoms in total. The Hall–Kier alpha value is -3.44. The molecule has 4 aromatic rings. The van der Waals surface area contributed by atoms with E-state index in [-0.39, 0.29) is 30.3 Å². The second-order valence-corrected chi connectivity index (χ2v) is 9.55. The molecule has 3 heterocycles. The van der Waals surface area contributed by atoms with Crippen molar-refractivity contribution >= 4 is 40.0 Å². The van der Waals surface area contributed by atoms with Crippen molar-refractivity contribution in [3.05, 3.63) is 86.2 Å². The van der Waals surface area contributed by atoms with Gasteiger partial charge in [-0.25, -0.2) is 13.8 Å². The Balaban J connectivity index is 1.54. The van der Waals surface area contributed by atoms with Crippen LogP contribution in [-0.2, 0) is 13.1 Å². The molecule has 3 aromatic heterocycles. The summed E-state index contributed by atoms with van der Waals surface area (Å²) in [5, 5.41) is 13.7. The second kappa shape index (κ2) is 11.1. The number of hydrogen-bond acceptors (Lipinski definition) is 7. The van der Waals surface area contributed by atoms with E-state index >= 15 is 0 Å². The molecule has 0 radical (unpaired) electrons. The number of carbonyl (C=O) groups excluding carboxylic acids is 1. The van der Waals surface area contributed by atoms with Crippen LogP contribution in [0.25, 0.3) is 10.1 Å². The van der Waals surface area contributed by atoms with Crippen LogP contribution in [0.5, 0.6) is 11.8 Å². The molecule has 0 atom stereocenters. The molecule has 4 rings (SSSR count). The lowest BCUT2D eigenvalue weighted by Crippen LogP contribution is -2.22. The molecule has 11 heteroatoms. The highest BCUT2D eigenvalue weighted by molar-refractivity contribution is 7.80. The van der Waals surface area contributed by atoms with Crippen molar-refractivity contribution < 1.29 is 23.4 Å². The Kier molecular flexibility index (Phi) is 7.90. The number of thiophene rings is 1. The molecule has 0 bridgehead atoms. The first kappa shape index (κ1) is 25.6. The van der Waals surface area contributed by atoms with Crippen LogP contribution < -0.4 is 15.6 Å². The van der Waals surface area contributed by atoms with E-state index in [1.165, 1.54) is 12.1 Å². The van der Waals surface area contributed by atoms with Gasteiger partial charge in [0.1, 0.15) is 0 Å². The van der Waals surface area contributed by atoms with Crippen LogP contribution in [0, 0.1) is 18.6 Å². The Morgan fingerprint density at radius 3 is 2.75 bits per heavy atom. The number of halogens is 2. The molecule has 0 fully saturated rings. The van der Waals surface area contributed by atoms with E-state index in [4.69, 9.17) is 4.74 Å². The molecule has 188 valence electrons. The van der Waals surface area contributed by atoms with Crippen LogP contribution in [0.2, 0.25) is 0 Å². The Morgan fingerprint density at radius 2 is 2.00 bits per heavy atom. The summed E-state index contributed by atoms with van der Waals surface area (Å²) in [5.41, 5.74) is 0.978. The summed E-state index contributed by atoms with van der Waals surface area (Å²) in [6, 6.07) is 8.25. The topological polar surface area (TPSA) is 93.5 Å². The number of nitrogens with one attached hydrogen (secondary N) is 1. The van der Waals surface area contributed by atoms with E-state index in [0.29, 0.717) is 38.9 Å². The number of rotatable bonds is 9. The summed E-state index contributed by atoms with van der Waals surface area (Å²) in [7, 11) is 0. The highest BCUT2D eigenvalue weighted by Crippen LogP contribution is 2.31. The number of carbonyl (C=O) groups is 1. The summed E-state index contributed by atoms with van der Waals surface area (Å²) in [6.07, 6.45) is 2.38. The number of thiol groups is 1. The molecule has 36 heavy (non-hydrogen) atoms. The number of aryl methyl sites for hydroxylation is 1. The predicted molar refractivity (Wildman–Crippen MR) is 137 cm³/mol. The van der Waals surface area contributed by atoms with Gasteiger partial charge in [0.2, 0.25) is 5.88 Å². The van der Waals surface area contributed by atoms with Gasteiger partial charge >= 0.3 is 0 Å². The normalized spacial score (nSPS) is 11.1. The minimum absolute atomic E-state index is 0.156. The lowest BCUT2D eigenvalue weighted by Gasteiger charge is -2.12. The van der Waals surface area contributed by atoms with Crippen LogP contribution in [0.1, 0.15) is 32.8 Å². The number of pyridine rings is 2. The highest BCUT2D eigenvalue weighted by atomic mass is 32.1. The molecule has 0 unspecified atom stereocenters. The summed E-state index contributed by atoms with van der Waals surface area (Å²) >= 11 is 5.23. The van der Waals surface area contributed by atoms with Crippen LogP contribution in [0.3, 0.4) is 0 Å². The Labute approximate surface area is 214 Å². The smallest absolute Gasteiger partial charge is 0.262 e. The fourth-order valence-corrected chi connectivity index (χ4v) is 4.79. The highest BCUT2D eigenvalue weighted by Gasteiger charge is 2.19. The fraction of sp³-hybridized carbons (Fsp3) is 0.240. The standard InChI is InChI=1S/C25H23F2N3O4S2/c1-14-22-17(25(33)30(24(14)32)13-16-3-4-18(26)19(27)9-16)11-20(36-22)23(31)29-12-15-5-6-28-21(10-15)34-7-2-8-35/h3-6,9-11,32,35H,2,7-8,12-13H2,1H3,(H,29,31). The first-order chi connectivity index (χ1) is 17.3. The van der Waals surface area contributed by atoms with Gasteiger partial charge in [-0.3, -0.25) is 14.2 Å². The summed E-state index contributed by atoms with van der Waals surface area (Å²) in [4.78, 5) is 30.4. The number of fused-ring (bicyclic) bond motifs is 1. The summed E-state index contributed by atoms with van der Waals surface area (Å²) < 4.78 is 34.0. The van der Waals surface area contributed by atoms with Crippen LogP contribution in [0.4, 0.5) is 8.78 Å². The largest absolute Gasteiger partial charge is 0.494 e. The molecule has 0 aliphatic rings. The quantitative estimate of drug-likeness (QED) is 0.220. The van der Waals surface area contributed by atoms with Crippen molar-refractivity contribution in [2.45, 2.75) is 26.4 Å². The van der Waals surface area contributed by atoms with Crippen LogP contribution in [-0.4, -0.2) is 32.9 Å². The number of aromatic hydroxyl groups is 1. The third-order valence-corrected chi connectivity index (χ3v) is 7.06. The Morgan fingerprint density at radius 1 is 1.19 bits per heavy atom. The maximum absolute atomic E-state index is 13.6. The van der Waals surface area contributed by atoms with Gasteiger partial charge < -0.3 is 15.2 Å². The van der Waals surface area contributed by atoms with E-state index in [9.17, 15) is 23.5 Å². The fourth-order valence-electron chi connectivity index (χ4n) is 3.60. The minimum Gasteiger partial charge on any atom is -0.494 e. The van der Waals surface area contributed by atoms with Crippen molar-refractivity contribution in [1.82, 2.24) is 14.9 Å². The van der Waals surface area contributed by atoms with Gasteiger partial charge in [0, 0.05) is 29.1 Å². The van der Waals surface area contributed by atoms with Crippen LogP contribution in [0.15, 0.2) is 47.4 Å². The third kappa shape index (κ3) is 5.52. The number of amides is 1. The average Bonchev–Trinajstić information content (AvgIpc) is 3.32. The zero-order chi connectivity index (χ0) is 25.8. The molecule has 0 saturated carbocycles. The molecule has 0 saturated heterocycles. The monoisotopic (exact) mass is 531 g/mol. The molecule has 1 aromatic carbocycles.